The monoisotopic (exact) mass is 361 g/mol. The molecule has 1 aliphatic carbocycles. The lowest BCUT2D eigenvalue weighted by Gasteiger charge is -2.34. The highest BCUT2D eigenvalue weighted by Crippen LogP contribution is 2.29. The number of methoxy groups -OCH3 is 1. The molecule has 0 spiro atoms. The lowest BCUT2D eigenvalue weighted by atomic mass is 9.78. The highest BCUT2D eigenvalue weighted by molar-refractivity contribution is 5.97. The van der Waals surface area contributed by atoms with Gasteiger partial charge in [-0.15, -0.1) is 0 Å². The van der Waals surface area contributed by atoms with E-state index in [1.807, 2.05) is 0 Å². The predicted molar refractivity (Wildman–Crippen MR) is 98.9 cm³/mol. The molecule has 0 aliphatic heterocycles. The number of carbonyl (C=O) groups excluding carboxylic acids is 3. The van der Waals surface area contributed by atoms with Crippen molar-refractivity contribution in [2.45, 2.75) is 39.2 Å². The van der Waals surface area contributed by atoms with Crippen molar-refractivity contribution in [3.8, 4) is 0 Å². The molecule has 1 saturated carbocycles. The van der Waals surface area contributed by atoms with Gasteiger partial charge in [-0.25, -0.2) is 4.79 Å². The molecular weight excluding hydrogens is 334 g/mol. The third-order valence-corrected chi connectivity index (χ3v) is 5.05. The Morgan fingerprint density at radius 1 is 1.12 bits per heavy atom. The van der Waals surface area contributed by atoms with Crippen molar-refractivity contribution in [2.75, 3.05) is 19.0 Å². The quantitative estimate of drug-likeness (QED) is 0.702. The first-order valence-corrected chi connectivity index (χ1v) is 8.93. The number of rotatable bonds is 5. The fraction of sp³-hybridized carbons (Fsp3) is 0.526. The largest absolute Gasteiger partial charge is 0.468 e. The summed E-state index contributed by atoms with van der Waals surface area (Å²) in [6.07, 6.45) is 3.34. The first kappa shape index (κ1) is 19.8. The lowest BCUT2D eigenvalue weighted by molar-refractivity contribution is -0.139. The van der Waals surface area contributed by atoms with E-state index in [1.54, 1.807) is 24.3 Å². The molecule has 0 saturated heterocycles. The molecule has 1 aliphatic rings. The molecule has 0 unspecified atom stereocenters. The Kier molecular flexibility index (Phi) is 7.00. The highest BCUT2D eigenvalue weighted by Gasteiger charge is 2.28. The van der Waals surface area contributed by atoms with E-state index in [9.17, 15) is 14.4 Å². The number of hydrogen-bond acceptors (Lipinski definition) is 4. The maximum Gasteiger partial charge on any atom is 0.325 e. The van der Waals surface area contributed by atoms with Crippen LogP contribution in [0.5, 0.6) is 0 Å². The number of nitrogens with one attached hydrogen (secondary N) is 3. The Labute approximate surface area is 153 Å². The molecular formula is C19H27N3O4. The third-order valence-electron chi connectivity index (χ3n) is 5.05. The minimum Gasteiger partial charge on any atom is -0.468 e. The van der Waals surface area contributed by atoms with Crippen LogP contribution in [0.4, 0.5) is 10.5 Å². The molecule has 3 atom stereocenters. The van der Waals surface area contributed by atoms with E-state index in [0.717, 1.165) is 12.8 Å². The van der Waals surface area contributed by atoms with Crippen LogP contribution in [0.25, 0.3) is 0 Å². The van der Waals surface area contributed by atoms with E-state index in [2.05, 4.69) is 34.5 Å². The fourth-order valence-electron chi connectivity index (χ4n) is 3.15. The Bertz CT molecular complexity index is 645. The Balaban J connectivity index is 1.85. The molecule has 0 bridgehead atoms. The maximum atomic E-state index is 12.2. The minimum absolute atomic E-state index is 0.183. The Morgan fingerprint density at radius 2 is 1.81 bits per heavy atom. The van der Waals surface area contributed by atoms with Gasteiger partial charge in [-0.05, 0) is 42.5 Å². The van der Waals surface area contributed by atoms with Crippen LogP contribution in [0, 0.1) is 11.8 Å². The number of anilines is 1. The molecule has 0 radical (unpaired) electrons. The number of urea groups is 1. The van der Waals surface area contributed by atoms with Crippen molar-refractivity contribution in [1.29, 1.82) is 0 Å². The summed E-state index contributed by atoms with van der Waals surface area (Å²) in [5.41, 5.74) is 0.998. The summed E-state index contributed by atoms with van der Waals surface area (Å²) in [5.74, 6) is 0.170. The van der Waals surface area contributed by atoms with Crippen LogP contribution in [-0.2, 0) is 9.53 Å². The van der Waals surface area contributed by atoms with Crippen molar-refractivity contribution in [1.82, 2.24) is 10.6 Å². The summed E-state index contributed by atoms with van der Waals surface area (Å²) in [6.45, 7) is 4.21. The first-order chi connectivity index (χ1) is 12.4. The Morgan fingerprint density at radius 3 is 2.46 bits per heavy atom. The molecule has 142 valence electrons. The van der Waals surface area contributed by atoms with Gasteiger partial charge in [0.2, 0.25) is 0 Å². The molecule has 26 heavy (non-hydrogen) atoms. The van der Waals surface area contributed by atoms with E-state index >= 15 is 0 Å². The normalized spacial score (nSPS) is 22.2. The van der Waals surface area contributed by atoms with Gasteiger partial charge in [-0.1, -0.05) is 26.7 Å². The summed E-state index contributed by atoms with van der Waals surface area (Å²) in [4.78, 5) is 35.2. The second-order valence-electron chi connectivity index (χ2n) is 6.81. The lowest BCUT2D eigenvalue weighted by Crippen LogP contribution is -2.45. The standard InChI is InChI=1S/C19H27N3O4/c1-12-5-4-6-16(13(12)2)22-19(25)21-15-9-7-14(8-10-15)18(24)20-11-17(23)26-3/h7-10,12-13,16H,4-6,11H2,1-3H3,(H,20,24)(H2,21,22,25)/t12-,13-,16-/m1/s1. The summed E-state index contributed by atoms with van der Waals surface area (Å²) < 4.78 is 4.47. The molecule has 3 N–H and O–H groups in total. The highest BCUT2D eigenvalue weighted by atomic mass is 16.5. The summed E-state index contributed by atoms with van der Waals surface area (Å²) in [7, 11) is 1.26. The molecule has 3 amide bonds. The van der Waals surface area contributed by atoms with Gasteiger partial charge in [0.05, 0.1) is 7.11 Å². The first-order valence-electron chi connectivity index (χ1n) is 8.93. The van der Waals surface area contributed by atoms with E-state index in [-0.39, 0.29) is 24.5 Å². The topological polar surface area (TPSA) is 96.5 Å². The molecule has 7 nitrogen and oxygen atoms in total. The van der Waals surface area contributed by atoms with E-state index in [0.29, 0.717) is 23.1 Å². The molecule has 2 rings (SSSR count). The van der Waals surface area contributed by atoms with Crippen LogP contribution in [0.1, 0.15) is 43.5 Å². The molecule has 0 aromatic heterocycles. The van der Waals surface area contributed by atoms with Gasteiger partial charge in [0.15, 0.2) is 0 Å². The average molecular weight is 361 g/mol. The van der Waals surface area contributed by atoms with Crippen molar-refractivity contribution >= 4 is 23.6 Å². The van der Waals surface area contributed by atoms with Gasteiger partial charge in [-0.3, -0.25) is 9.59 Å². The summed E-state index contributed by atoms with van der Waals surface area (Å²) in [6, 6.07) is 6.43. The minimum atomic E-state index is -0.514. The van der Waals surface area contributed by atoms with Gasteiger partial charge in [-0.2, -0.15) is 0 Å². The van der Waals surface area contributed by atoms with Crippen molar-refractivity contribution in [3.63, 3.8) is 0 Å². The van der Waals surface area contributed by atoms with Crippen LogP contribution in [0.2, 0.25) is 0 Å². The average Bonchev–Trinajstić information content (AvgIpc) is 2.63. The summed E-state index contributed by atoms with van der Waals surface area (Å²) in [5, 5.41) is 8.30. The number of esters is 1. The number of carbonyl (C=O) groups is 3. The van der Waals surface area contributed by atoms with Gasteiger partial charge < -0.3 is 20.7 Å². The molecule has 1 aromatic rings. The van der Waals surface area contributed by atoms with Crippen LogP contribution >= 0.6 is 0 Å². The second kappa shape index (κ2) is 9.22. The zero-order valence-corrected chi connectivity index (χ0v) is 15.5. The van der Waals surface area contributed by atoms with Gasteiger partial charge in [0.25, 0.3) is 5.91 Å². The van der Waals surface area contributed by atoms with Crippen LogP contribution < -0.4 is 16.0 Å². The van der Waals surface area contributed by atoms with Crippen molar-refractivity contribution in [3.05, 3.63) is 29.8 Å². The van der Waals surface area contributed by atoms with Crippen LogP contribution in [0.15, 0.2) is 24.3 Å². The molecule has 0 heterocycles. The molecule has 1 fully saturated rings. The number of benzene rings is 1. The van der Waals surface area contributed by atoms with Crippen LogP contribution in [-0.4, -0.2) is 37.6 Å². The maximum absolute atomic E-state index is 12.2. The van der Waals surface area contributed by atoms with Gasteiger partial charge >= 0.3 is 12.0 Å². The molecule has 1 aromatic carbocycles. The third kappa shape index (κ3) is 5.47. The van der Waals surface area contributed by atoms with Gasteiger partial charge in [0, 0.05) is 17.3 Å². The predicted octanol–water partition coefficient (Wildman–Crippen LogP) is 2.54. The van der Waals surface area contributed by atoms with Gasteiger partial charge in [0.1, 0.15) is 6.54 Å². The summed E-state index contributed by atoms with van der Waals surface area (Å²) >= 11 is 0. The zero-order chi connectivity index (χ0) is 19.1. The molecule has 7 heteroatoms. The van der Waals surface area contributed by atoms with Crippen LogP contribution in [0.3, 0.4) is 0 Å². The second-order valence-corrected chi connectivity index (χ2v) is 6.81. The van der Waals surface area contributed by atoms with Crippen molar-refractivity contribution < 1.29 is 19.1 Å². The number of hydrogen-bond donors (Lipinski definition) is 3. The Hall–Kier alpha value is -2.57. The smallest absolute Gasteiger partial charge is 0.325 e. The van der Waals surface area contributed by atoms with Crippen molar-refractivity contribution in [2.24, 2.45) is 11.8 Å². The number of amides is 3. The van der Waals surface area contributed by atoms with E-state index in [4.69, 9.17) is 0 Å². The van der Waals surface area contributed by atoms with E-state index < -0.39 is 5.97 Å². The number of ether oxygens (including phenoxy) is 1. The van der Waals surface area contributed by atoms with E-state index in [1.165, 1.54) is 13.5 Å². The fourth-order valence-corrected chi connectivity index (χ4v) is 3.15. The SMILES string of the molecule is COC(=O)CNC(=O)c1ccc(NC(=O)N[C@@H]2CCC[C@@H](C)[C@H]2C)cc1. The zero-order valence-electron chi connectivity index (χ0n) is 15.5.